The first-order chi connectivity index (χ1) is 31.1. The first-order valence-corrected chi connectivity index (χ1v) is 27.2. The van der Waals surface area contributed by atoms with Crippen molar-refractivity contribution in [2.24, 2.45) is 10.8 Å². The Morgan fingerprint density at radius 3 is 1.77 bits per heavy atom. The number of likely N-dealkylation sites (tertiary alicyclic amines) is 1. The van der Waals surface area contributed by atoms with Gasteiger partial charge in [0.05, 0.1) is 29.2 Å². The molecule has 4 aromatic rings. The van der Waals surface area contributed by atoms with Crippen LogP contribution in [0.3, 0.4) is 0 Å². The molecule has 2 N–H and O–H groups in total. The van der Waals surface area contributed by atoms with Crippen LogP contribution in [0, 0.1) is 10.8 Å². The van der Waals surface area contributed by atoms with Crippen molar-refractivity contribution in [2.45, 2.75) is 95.6 Å². The molecule has 2 aromatic carbocycles. The molecule has 2 atom stereocenters. The molecule has 7 heterocycles. The van der Waals surface area contributed by atoms with Gasteiger partial charge in [0, 0.05) is 94.3 Å². The lowest BCUT2D eigenvalue weighted by Crippen LogP contribution is -2.42. The van der Waals surface area contributed by atoms with Crippen molar-refractivity contribution in [3.63, 3.8) is 0 Å². The second kappa shape index (κ2) is 20.0. The molecule has 16 nitrogen and oxygen atoms in total. The number of carbonyl (C=O) groups is 1. The number of ether oxygens (including phenoxy) is 1. The lowest BCUT2D eigenvalue weighted by molar-refractivity contribution is -0.106. The highest BCUT2D eigenvalue weighted by molar-refractivity contribution is 7.88. The fraction of sp³-hybridized carbons (Fsp3) is 0.638. The van der Waals surface area contributed by atoms with Gasteiger partial charge >= 0.3 is 0 Å². The van der Waals surface area contributed by atoms with Gasteiger partial charge in [-0.25, -0.2) is 45.4 Å². The van der Waals surface area contributed by atoms with Gasteiger partial charge in [0.25, 0.3) is 0 Å². The van der Waals surface area contributed by atoms with E-state index in [0.29, 0.717) is 54.8 Å². The first-order valence-electron chi connectivity index (χ1n) is 23.5. The normalized spacial score (nSPS) is 24.8. The highest BCUT2D eigenvalue weighted by atomic mass is 32.2. The van der Waals surface area contributed by atoms with Crippen molar-refractivity contribution in [3.8, 4) is 0 Å². The third-order valence-corrected chi connectivity index (χ3v) is 17.5. The zero-order chi connectivity index (χ0) is 45.8. The quantitative estimate of drug-likeness (QED) is 0.204. The number of nitrogens with zero attached hydrogens (tertiary/aromatic N) is 8. The smallest absolute Gasteiger partial charge is 0.223 e. The summed E-state index contributed by atoms with van der Waals surface area (Å²) in [6, 6.07) is 13.2. The van der Waals surface area contributed by atoms with Crippen LogP contribution in [0.2, 0.25) is 0 Å². The summed E-state index contributed by atoms with van der Waals surface area (Å²) in [6.45, 7) is 9.92. The summed E-state index contributed by atoms with van der Waals surface area (Å²) >= 11 is 0. The largest absolute Gasteiger partial charge is 0.381 e. The number of hydrogen-bond acceptors (Lipinski definition) is 14. The number of aldehydes is 1. The van der Waals surface area contributed by atoms with Crippen molar-refractivity contribution in [2.75, 3.05) is 101 Å². The Labute approximate surface area is 385 Å². The third-order valence-electron chi connectivity index (χ3n) is 14.8. The number of anilines is 3. The molecule has 2 unspecified atom stereocenters. The van der Waals surface area contributed by atoms with Crippen molar-refractivity contribution in [1.29, 1.82) is 0 Å². The number of aromatic nitrogens is 4. The molecule has 18 heteroatoms. The van der Waals surface area contributed by atoms with Crippen LogP contribution in [0.5, 0.6) is 0 Å². The molecule has 1 aliphatic carbocycles. The van der Waals surface area contributed by atoms with Gasteiger partial charge in [-0.1, -0.05) is 30.3 Å². The monoisotopic (exact) mass is 932 g/mol. The molecular weight excluding hydrogens is 865 g/mol. The summed E-state index contributed by atoms with van der Waals surface area (Å²) in [5, 5.41) is 9.05. The van der Waals surface area contributed by atoms with E-state index >= 15 is 0 Å². The number of rotatable bonds is 8. The number of nitrogens with one attached hydrogen (secondary N) is 2. The number of fused-ring (bicyclic) bond motifs is 2. The number of sulfonamides is 2. The van der Waals surface area contributed by atoms with Crippen molar-refractivity contribution in [3.05, 3.63) is 54.4 Å². The Hall–Kier alpha value is -4.07. The van der Waals surface area contributed by atoms with Crippen LogP contribution in [0.4, 0.5) is 17.6 Å². The zero-order valence-electron chi connectivity index (χ0n) is 38.6. The molecule has 2 spiro atoms. The number of carbonyl (C=O) groups excluding carboxylic acids is 1. The van der Waals surface area contributed by atoms with Gasteiger partial charge in [-0.2, -0.15) is 0 Å². The van der Waals surface area contributed by atoms with Crippen molar-refractivity contribution < 1.29 is 26.4 Å². The van der Waals surface area contributed by atoms with Crippen LogP contribution in [-0.2, 0) is 29.6 Å². The highest BCUT2D eigenvalue weighted by Crippen LogP contribution is 2.52. The van der Waals surface area contributed by atoms with E-state index in [1.807, 2.05) is 12.4 Å². The highest BCUT2D eigenvalue weighted by Gasteiger charge is 2.44. The summed E-state index contributed by atoms with van der Waals surface area (Å²) in [6.07, 6.45) is 18.8. The Balaban J connectivity index is 0.000000167. The second-order valence-electron chi connectivity index (χ2n) is 19.5. The molecule has 10 rings (SSSR count). The maximum atomic E-state index is 11.8. The number of para-hydroxylation sites is 2. The minimum atomic E-state index is -3.12. The van der Waals surface area contributed by atoms with Gasteiger partial charge in [-0.3, -0.25) is 0 Å². The summed E-state index contributed by atoms with van der Waals surface area (Å²) in [4.78, 5) is 32.7. The fourth-order valence-corrected chi connectivity index (χ4v) is 13.0. The lowest BCUT2D eigenvalue weighted by Gasteiger charge is -2.33. The molecule has 6 aliphatic rings. The SMILES string of the molecule is CC=O.CN1CCC2(CCC(c3cccc4cnc(NC5CCN(S(C)(=O)=O)CC5)nc34)C2)C1.CS(=O)(=O)N1CCC(Nc2ncc3cccc(N4CCC5(CCOCC5)C4)c3n2)CC1. The van der Waals surface area contributed by atoms with Crippen LogP contribution < -0.4 is 15.5 Å². The van der Waals surface area contributed by atoms with E-state index < -0.39 is 20.0 Å². The fourth-order valence-electron chi connectivity index (χ4n) is 11.2. The molecule has 5 aliphatic heterocycles. The number of benzene rings is 2. The van der Waals surface area contributed by atoms with Gasteiger partial charge in [-0.05, 0) is 120 Å². The van der Waals surface area contributed by atoms with Crippen LogP contribution >= 0.6 is 0 Å². The van der Waals surface area contributed by atoms with E-state index in [1.54, 1.807) is 8.61 Å². The Kier molecular flexibility index (Phi) is 14.6. The van der Waals surface area contributed by atoms with E-state index in [4.69, 9.17) is 19.5 Å². The molecule has 1 saturated carbocycles. The molecular formula is C47H68N10O6S2. The van der Waals surface area contributed by atoms with Crippen LogP contribution in [0.15, 0.2) is 48.8 Å². The maximum Gasteiger partial charge on any atom is 0.223 e. The van der Waals surface area contributed by atoms with E-state index in [2.05, 4.69) is 73.8 Å². The van der Waals surface area contributed by atoms with Crippen LogP contribution in [0.1, 0.15) is 89.0 Å². The number of piperidine rings is 2. The molecule has 0 amide bonds. The predicted octanol–water partition coefficient (Wildman–Crippen LogP) is 5.73. The van der Waals surface area contributed by atoms with Gasteiger partial charge in [-0.15, -0.1) is 0 Å². The maximum absolute atomic E-state index is 11.8. The van der Waals surface area contributed by atoms with Gasteiger partial charge in [0.2, 0.25) is 31.9 Å². The Morgan fingerprint density at radius 2 is 1.22 bits per heavy atom. The topological polar surface area (TPSA) is 183 Å². The van der Waals surface area contributed by atoms with Gasteiger partial charge in [0.15, 0.2) is 0 Å². The molecule has 0 bridgehead atoms. The van der Waals surface area contributed by atoms with Gasteiger partial charge < -0.3 is 30.0 Å². The van der Waals surface area contributed by atoms with E-state index in [0.717, 1.165) is 92.9 Å². The Bertz CT molecular complexity index is 2350. The molecule has 5 saturated heterocycles. The van der Waals surface area contributed by atoms with Crippen molar-refractivity contribution in [1.82, 2.24) is 33.4 Å². The van der Waals surface area contributed by atoms with Crippen LogP contribution in [0.25, 0.3) is 21.8 Å². The summed E-state index contributed by atoms with van der Waals surface area (Å²) < 4.78 is 55.7. The average molecular weight is 933 g/mol. The molecule has 6 fully saturated rings. The van der Waals surface area contributed by atoms with E-state index in [-0.39, 0.29) is 12.1 Å². The first kappa shape index (κ1) is 47.4. The predicted molar refractivity (Wildman–Crippen MR) is 257 cm³/mol. The minimum Gasteiger partial charge on any atom is -0.381 e. The van der Waals surface area contributed by atoms with Crippen molar-refractivity contribution >= 4 is 65.7 Å². The van der Waals surface area contributed by atoms with Gasteiger partial charge in [0.1, 0.15) is 6.29 Å². The third kappa shape index (κ3) is 11.4. The summed E-state index contributed by atoms with van der Waals surface area (Å²) in [5.74, 6) is 1.85. The molecule has 0 radical (unpaired) electrons. The number of hydrogen-bond donors (Lipinski definition) is 2. The second-order valence-corrected chi connectivity index (χ2v) is 23.5. The Morgan fingerprint density at radius 1 is 0.677 bits per heavy atom. The summed E-state index contributed by atoms with van der Waals surface area (Å²) in [7, 11) is -3.98. The molecule has 65 heavy (non-hydrogen) atoms. The lowest BCUT2D eigenvalue weighted by atomic mass is 9.80. The van der Waals surface area contributed by atoms with E-state index in [1.165, 1.54) is 75.9 Å². The summed E-state index contributed by atoms with van der Waals surface area (Å²) in [5.41, 5.74) is 5.46. The molecule has 354 valence electrons. The molecule has 2 aromatic heterocycles. The average Bonchev–Trinajstić information content (AvgIpc) is 4.01. The van der Waals surface area contributed by atoms with E-state index in [9.17, 15) is 16.8 Å². The standard InChI is InChI=1S/C23H33N5O2S.C22H31N5O3S.C2H4O/c1-27-13-10-23(16-27)9-6-17(14-23)20-5-3-4-18-15-24-22(26-21(18)20)25-19-7-11-28(12-8-19)31(2,29)30;1-31(28,29)27-10-5-18(6-11-27)24-21-23-15-17-3-2-4-19(20(17)25-21)26-12-7-22(16-26)8-13-30-14-9-22;1-2-3/h3-5,15,17,19H,6-14,16H2,1-2H3,(H,24,25,26);2-4,15,18H,5-14,16H2,1H3,(H,23,24,25);2H,1H3. The zero-order valence-corrected chi connectivity index (χ0v) is 40.3. The van der Waals surface area contributed by atoms with Crippen LogP contribution in [-0.4, -0.2) is 154 Å². The minimum absolute atomic E-state index is 0.180.